The predicted octanol–water partition coefficient (Wildman–Crippen LogP) is 2.61. The molecular weight excluding hydrogens is 270 g/mol. The van der Waals surface area contributed by atoms with Crippen LogP contribution in [0, 0.1) is 0 Å². The Balaban J connectivity index is 2.05. The molecule has 0 radical (unpaired) electrons. The molecule has 0 bridgehead atoms. The molecule has 2 aromatic rings. The van der Waals surface area contributed by atoms with E-state index in [0.29, 0.717) is 6.67 Å². The van der Waals surface area contributed by atoms with Gasteiger partial charge in [0.05, 0.1) is 19.1 Å². The molecule has 4 nitrogen and oxygen atoms in total. The van der Waals surface area contributed by atoms with Gasteiger partial charge in [-0.3, -0.25) is 4.68 Å². The molecule has 0 fully saturated rings. The van der Waals surface area contributed by atoms with Crippen molar-refractivity contribution in [1.82, 2.24) is 15.1 Å². The lowest BCUT2D eigenvalue weighted by atomic mass is 10.3. The average Bonchev–Trinajstić information content (AvgIpc) is 2.70. The Morgan fingerprint density at radius 3 is 2.75 bits per heavy atom. The summed E-state index contributed by atoms with van der Waals surface area (Å²) in [7, 11) is 1.87. The van der Waals surface area contributed by atoms with Crippen LogP contribution in [0.15, 0.2) is 41.1 Å². The number of hydrogen-bond donors (Lipinski definition) is 1. The van der Waals surface area contributed by atoms with Gasteiger partial charge in [0, 0.05) is 4.47 Å². The lowest BCUT2D eigenvalue weighted by Crippen LogP contribution is -2.12. The lowest BCUT2D eigenvalue weighted by Gasteiger charge is -2.02. The van der Waals surface area contributed by atoms with E-state index in [1.54, 1.807) is 10.9 Å². The fourth-order valence-corrected chi connectivity index (χ4v) is 1.55. The van der Waals surface area contributed by atoms with Crippen LogP contribution in [0.3, 0.4) is 0 Å². The van der Waals surface area contributed by atoms with E-state index >= 15 is 0 Å². The Kier molecular flexibility index (Phi) is 3.58. The standard InChI is InChI=1S/C11H12BrN3O/c1-13-8-15-7-11(6-14-15)16-10-4-2-9(12)3-5-10/h2-7,13H,8H2,1H3. The lowest BCUT2D eigenvalue weighted by molar-refractivity contribution is 0.479. The highest BCUT2D eigenvalue weighted by atomic mass is 79.9. The molecule has 0 atom stereocenters. The Morgan fingerprint density at radius 1 is 1.31 bits per heavy atom. The van der Waals surface area contributed by atoms with Gasteiger partial charge in [0.25, 0.3) is 0 Å². The SMILES string of the molecule is CNCn1cc(Oc2ccc(Br)cc2)cn1. The second-order valence-corrected chi connectivity index (χ2v) is 4.20. The van der Waals surface area contributed by atoms with Gasteiger partial charge in [-0.1, -0.05) is 15.9 Å². The third-order valence-electron chi connectivity index (χ3n) is 1.98. The van der Waals surface area contributed by atoms with Crippen molar-refractivity contribution in [3.8, 4) is 11.5 Å². The zero-order valence-electron chi connectivity index (χ0n) is 8.85. The second-order valence-electron chi connectivity index (χ2n) is 3.28. The van der Waals surface area contributed by atoms with E-state index in [1.165, 1.54) is 0 Å². The van der Waals surface area contributed by atoms with Crippen LogP contribution in [0.1, 0.15) is 0 Å². The molecule has 0 spiro atoms. The van der Waals surface area contributed by atoms with E-state index in [2.05, 4.69) is 26.3 Å². The number of ether oxygens (including phenoxy) is 1. The zero-order chi connectivity index (χ0) is 11.4. The monoisotopic (exact) mass is 281 g/mol. The molecule has 1 aromatic heterocycles. The number of halogens is 1. The molecule has 5 heteroatoms. The Labute approximate surface area is 102 Å². The first-order valence-corrected chi connectivity index (χ1v) is 5.68. The number of hydrogen-bond acceptors (Lipinski definition) is 3. The molecule has 0 saturated carbocycles. The minimum absolute atomic E-state index is 0.670. The summed E-state index contributed by atoms with van der Waals surface area (Å²) in [5.74, 6) is 1.53. The fraction of sp³-hybridized carbons (Fsp3) is 0.182. The molecule has 0 unspecified atom stereocenters. The molecule has 84 valence electrons. The van der Waals surface area contributed by atoms with E-state index in [1.807, 2.05) is 37.5 Å². The highest BCUT2D eigenvalue weighted by molar-refractivity contribution is 9.10. The van der Waals surface area contributed by atoms with Gasteiger partial charge in [0.1, 0.15) is 5.75 Å². The largest absolute Gasteiger partial charge is 0.454 e. The molecule has 0 aliphatic carbocycles. The van der Waals surface area contributed by atoms with Crippen molar-refractivity contribution in [2.45, 2.75) is 6.67 Å². The van der Waals surface area contributed by atoms with Crippen molar-refractivity contribution in [2.75, 3.05) is 7.05 Å². The first-order chi connectivity index (χ1) is 7.78. The van der Waals surface area contributed by atoms with Gasteiger partial charge >= 0.3 is 0 Å². The molecule has 2 rings (SSSR count). The zero-order valence-corrected chi connectivity index (χ0v) is 10.4. The van der Waals surface area contributed by atoms with Crippen LogP contribution in [0.2, 0.25) is 0 Å². The van der Waals surface area contributed by atoms with Gasteiger partial charge in [0.15, 0.2) is 5.75 Å². The van der Waals surface area contributed by atoms with Gasteiger partial charge < -0.3 is 10.1 Å². The molecule has 1 aromatic carbocycles. The minimum Gasteiger partial charge on any atom is -0.454 e. The number of aromatic nitrogens is 2. The van der Waals surface area contributed by atoms with Gasteiger partial charge in [-0.05, 0) is 31.3 Å². The first kappa shape index (κ1) is 11.2. The number of nitrogens with one attached hydrogen (secondary N) is 1. The van der Waals surface area contributed by atoms with Crippen molar-refractivity contribution < 1.29 is 4.74 Å². The third-order valence-corrected chi connectivity index (χ3v) is 2.51. The van der Waals surface area contributed by atoms with Crippen molar-refractivity contribution in [2.24, 2.45) is 0 Å². The fourth-order valence-electron chi connectivity index (χ4n) is 1.28. The third kappa shape index (κ3) is 2.84. The first-order valence-electron chi connectivity index (χ1n) is 4.88. The van der Waals surface area contributed by atoms with Gasteiger partial charge in [-0.25, -0.2) is 0 Å². The Hall–Kier alpha value is -1.33. The average molecular weight is 282 g/mol. The molecule has 1 heterocycles. The summed E-state index contributed by atoms with van der Waals surface area (Å²) in [4.78, 5) is 0. The van der Waals surface area contributed by atoms with Crippen LogP contribution >= 0.6 is 15.9 Å². The minimum atomic E-state index is 0.670. The van der Waals surface area contributed by atoms with Crippen LogP contribution in [-0.4, -0.2) is 16.8 Å². The quantitative estimate of drug-likeness (QED) is 0.937. The molecule has 0 amide bonds. The molecular formula is C11H12BrN3O. The maximum atomic E-state index is 5.63. The van der Waals surface area contributed by atoms with E-state index in [4.69, 9.17) is 4.74 Å². The number of benzene rings is 1. The van der Waals surface area contributed by atoms with E-state index < -0.39 is 0 Å². The normalized spacial score (nSPS) is 10.4. The topological polar surface area (TPSA) is 39.1 Å². The second kappa shape index (κ2) is 5.14. The van der Waals surface area contributed by atoms with Crippen LogP contribution in [0.25, 0.3) is 0 Å². The van der Waals surface area contributed by atoms with Gasteiger partial charge in [-0.15, -0.1) is 0 Å². The van der Waals surface area contributed by atoms with E-state index in [0.717, 1.165) is 16.0 Å². The molecule has 0 saturated heterocycles. The summed E-state index contributed by atoms with van der Waals surface area (Å²) in [6.45, 7) is 0.670. The van der Waals surface area contributed by atoms with E-state index in [-0.39, 0.29) is 0 Å². The molecule has 16 heavy (non-hydrogen) atoms. The van der Waals surface area contributed by atoms with Crippen molar-refractivity contribution in [3.63, 3.8) is 0 Å². The highest BCUT2D eigenvalue weighted by Crippen LogP contribution is 2.22. The summed E-state index contributed by atoms with van der Waals surface area (Å²) in [6, 6.07) is 7.68. The summed E-state index contributed by atoms with van der Waals surface area (Å²) >= 11 is 3.38. The van der Waals surface area contributed by atoms with Crippen LogP contribution in [0.5, 0.6) is 11.5 Å². The summed E-state index contributed by atoms with van der Waals surface area (Å²) in [5.41, 5.74) is 0. The van der Waals surface area contributed by atoms with Crippen molar-refractivity contribution in [1.29, 1.82) is 0 Å². The highest BCUT2D eigenvalue weighted by Gasteiger charge is 2.00. The van der Waals surface area contributed by atoms with Crippen LogP contribution in [0.4, 0.5) is 0 Å². The van der Waals surface area contributed by atoms with Gasteiger partial charge in [0.2, 0.25) is 0 Å². The molecule has 0 aliphatic heterocycles. The number of nitrogens with zero attached hydrogens (tertiary/aromatic N) is 2. The van der Waals surface area contributed by atoms with Crippen molar-refractivity contribution in [3.05, 3.63) is 41.1 Å². The predicted molar refractivity (Wildman–Crippen MR) is 65.5 cm³/mol. The van der Waals surface area contributed by atoms with Crippen molar-refractivity contribution >= 4 is 15.9 Å². The number of rotatable bonds is 4. The molecule has 0 aliphatic rings. The van der Waals surface area contributed by atoms with E-state index in [9.17, 15) is 0 Å². The Morgan fingerprint density at radius 2 is 2.06 bits per heavy atom. The van der Waals surface area contributed by atoms with Crippen LogP contribution < -0.4 is 10.1 Å². The smallest absolute Gasteiger partial charge is 0.165 e. The van der Waals surface area contributed by atoms with Crippen LogP contribution in [-0.2, 0) is 6.67 Å². The summed E-state index contributed by atoms with van der Waals surface area (Å²) < 4.78 is 8.43. The van der Waals surface area contributed by atoms with Gasteiger partial charge in [-0.2, -0.15) is 5.10 Å². The molecule has 1 N–H and O–H groups in total. The maximum Gasteiger partial charge on any atom is 0.165 e. The Bertz CT molecular complexity index is 453. The maximum absolute atomic E-state index is 5.63. The summed E-state index contributed by atoms with van der Waals surface area (Å²) in [6.07, 6.45) is 3.54. The summed E-state index contributed by atoms with van der Waals surface area (Å²) in [5, 5.41) is 7.15.